The first-order valence-corrected chi connectivity index (χ1v) is 9.33. The molecular formula is C14H26IN5O3S. The molecule has 0 spiro atoms. The minimum atomic E-state index is -3.24. The number of nitrogens with zero attached hydrogens (tertiary/aromatic N) is 3. The molecular weight excluding hydrogens is 445 g/mol. The first-order valence-electron chi connectivity index (χ1n) is 7.72. The summed E-state index contributed by atoms with van der Waals surface area (Å²) in [4.78, 5) is 4.10. The lowest BCUT2D eigenvalue weighted by molar-refractivity contribution is 0.0730. The standard InChI is InChI=1S/C14H25N5O3S.HI/c1-15-14(16-4-8-18-6-2-3-7-18)17-5-13-23(20,21)19-9-11-22-12-10-19;/h2-3,6-7H,4-5,8-13H2,1H3,(H2,15,16,17);1H. The van der Waals surface area contributed by atoms with Crippen molar-refractivity contribution in [2.24, 2.45) is 4.99 Å². The first kappa shape index (κ1) is 21.2. The summed E-state index contributed by atoms with van der Waals surface area (Å²) in [6, 6.07) is 3.95. The SMILES string of the molecule is CN=C(NCCn1cccc1)NCCS(=O)(=O)N1CCOCC1.I. The van der Waals surface area contributed by atoms with Crippen LogP contribution in [0.2, 0.25) is 0 Å². The van der Waals surface area contributed by atoms with Crippen LogP contribution in [0, 0.1) is 0 Å². The Kier molecular flexibility index (Phi) is 9.63. The number of morpholine rings is 1. The van der Waals surface area contributed by atoms with Gasteiger partial charge < -0.3 is 19.9 Å². The van der Waals surface area contributed by atoms with Crippen LogP contribution in [0.25, 0.3) is 0 Å². The van der Waals surface area contributed by atoms with E-state index in [1.54, 1.807) is 7.05 Å². The van der Waals surface area contributed by atoms with Gasteiger partial charge in [0.15, 0.2) is 5.96 Å². The van der Waals surface area contributed by atoms with Crippen molar-refractivity contribution >= 4 is 40.0 Å². The van der Waals surface area contributed by atoms with Gasteiger partial charge in [-0.05, 0) is 12.1 Å². The highest BCUT2D eigenvalue weighted by atomic mass is 127. The molecule has 0 radical (unpaired) electrons. The highest BCUT2D eigenvalue weighted by molar-refractivity contribution is 14.0. The average Bonchev–Trinajstić information content (AvgIpc) is 3.07. The van der Waals surface area contributed by atoms with Gasteiger partial charge in [-0.25, -0.2) is 8.42 Å². The summed E-state index contributed by atoms with van der Waals surface area (Å²) in [5.41, 5.74) is 0. The van der Waals surface area contributed by atoms with Gasteiger partial charge in [-0.2, -0.15) is 4.31 Å². The Bertz CT molecular complexity index is 586. The van der Waals surface area contributed by atoms with Gasteiger partial charge in [-0.1, -0.05) is 0 Å². The van der Waals surface area contributed by atoms with Crippen molar-refractivity contribution < 1.29 is 13.2 Å². The molecule has 0 saturated carbocycles. The van der Waals surface area contributed by atoms with E-state index in [9.17, 15) is 8.42 Å². The molecule has 8 nitrogen and oxygen atoms in total. The molecule has 1 aromatic heterocycles. The van der Waals surface area contributed by atoms with Gasteiger partial charge >= 0.3 is 0 Å². The van der Waals surface area contributed by atoms with E-state index in [0.29, 0.717) is 45.4 Å². The summed E-state index contributed by atoms with van der Waals surface area (Å²) in [6.45, 7) is 3.66. The number of hydrogen-bond acceptors (Lipinski definition) is 4. The van der Waals surface area contributed by atoms with Gasteiger partial charge in [0.25, 0.3) is 0 Å². The molecule has 2 rings (SSSR count). The molecule has 0 atom stereocenters. The molecule has 0 unspecified atom stereocenters. The third-order valence-electron chi connectivity index (χ3n) is 3.57. The maximum Gasteiger partial charge on any atom is 0.215 e. The van der Waals surface area contributed by atoms with Crippen LogP contribution in [0.5, 0.6) is 0 Å². The fourth-order valence-electron chi connectivity index (χ4n) is 2.30. The van der Waals surface area contributed by atoms with Gasteiger partial charge in [-0.15, -0.1) is 24.0 Å². The van der Waals surface area contributed by atoms with Gasteiger partial charge in [-0.3, -0.25) is 4.99 Å². The number of hydrogen-bond donors (Lipinski definition) is 2. The van der Waals surface area contributed by atoms with E-state index in [4.69, 9.17) is 4.74 Å². The summed E-state index contributed by atoms with van der Waals surface area (Å²) in [6.07, 6.45) is 3.99. The lowest BCUT2D eigenvalue weighted by Gasteiger charge is -2.26. The van der Waals surface area contributed by atoms with Gasteiger partial charge in [0.2, 0.25) is 10.0 Å². The molecule has 1 aliphatic rings. The van der Waals surface area contributed by atoms with Crippen LogP contribution >= 0.6 is 24.0 Å². The minimum Gasteiger partial charge on any atom is -0.379 e. The Morgan fingerprint density at radius 3 is 2.42 bits per heavy atom. The summed E-state index contributed by atoms with van der Waals surface area (Å²) >= 11 is 0. The maximum absolute atomic E-state index is 12.2. The van der Waals surface area contributed by atoms with Gasteiger partial charge in [0.1, 0.15) is 0 Å². The molecule has 1 aromatic rings. The number of sulfonamides is 1. The van der Waals surface area contributed by atoms with Crippen molar-refractivity contribution in [2.75, 3.05) is 52.2 Å². The van der Waals surface area contributed by atoms with Crippen molar-refractivity contribution in [3.63, 3.8) is 0 Å². The van der Waals surface area contributed by atoms with Crippen LogP contribution in [-0.4, -0.2) is 75.4 Å². The van der Waals surface area contributed by atoms with Crippen LogP contribution in [0.4, 0.5) is 0 Å². The zero-order valence-corrected chi connectivity index (χ0v) is 17.0. The zero-order valence-electron chi connectivity index (χ0n) is 13.8. The van der Waals surface area contributed by atoms with E-state index in [-0.39, 0.29) is 29.7 Å². The van der Waals surface area contributed by atoms with E-state index in [1.807, 2.05) is 24.5 Å². The summed E-state index contributed by atoms with van der Waals surface area (Å²) in [5.74, 6) is 0.653. The number of rotatable bonds is 7. The summed E-state index contributed by atoms with van der Waals surface area (Å²) in [5, 5.41) is 6.20. The molecule has 0 aliphatic carbocycles. The number of guanidine groups is 1. The monoisotopic (exact) mass is 471 g/mol. The number of ether oxygens (including phenoxy) is 1. The van der Waals surface area contributed by atoms with Gasteiger partial charge in [0.05, 0.1) is 19.0 Å². The second-order valence-corrected chi connectivity index (χ2v) is 7.26. The van der Waals surface area contributed by atoms with E-state index in [0.717, 1.165) is 6.54 Å². The highest BCUT2D eigenvalue weighted by Crippen LogP contribution is 2.04. The van der Waals surface area contributed by atoms with Crippen LogP contribution in [0.3, 0.4) is 0 Å². The first-order chi connectivity index (χ1) is 11.1. The normalized spacial score (nSPS) is 16.5. The predicted octanol–water partition coefficient (Wildman–Crippen LogP) is -0.0669. The lowest BCUT2D eigenvalue weighted by Crippen LogP contribution is -2.45. The number of aliphatic imine (C=N–C) groups is 1. The molecule has 0 aromatic carbocycles. The van der Waals surface area contributed by atoms with Crippen LogP contribution < -0.4 is 10.6 Å². The van der Waals surface area contributed by atoms with Crippen LogP contribution in [-0.2, 0) is 21.3 Å². The molecule has 0 bridgehead atoms. The Morgan fingerprint density at radius 1 is 1.17 bits per heavy atom. The zero-order chi connectivity index (χ0) is 16.5. The smallest absolute Gasteiger partial charge is 0.215 e. The minimum absolute atomic E-state index is 0. The van der Waals surface area contributed by atoms with Crippen LogP contribution in [0.15, 0.2) is 29.5 Å². The molecule has 1 aliphatic heterocycles. The van der Waals surface area contributed by atoms with Gasteiger partial charge in [0, 0.05) is 52.2 Å². The van der Waals surface area contributed by atoms with Crippen molar-refractivity contribution in [3.05, 3.63) is 24.5 Å². The predicted molar refractivity (Wildman–Crippen MR) is 105 cm³/mol. The quantitative estimate of drug-likeness (QED) is 0.331. The molecule has 24 heavy (non-hydrogen) atoms. The fraction of sp³-hybridized carbons (Fsp3) is 0.643. The molecule has 2 heterocycles. The largest absolute Gasteiger partial charge is 0.379 e. The molecule has 10 heteroatoms. The summed E-state index contributed by atoms with van der Waals surface area (Å²) < 4.78 is 33.1. The molecule has 2 N–H and O–H groups in total. The third kappa shape index (κ3) is 6.95. The van der Waals surface area contributed by atoms with Crippen molar-refractivity contribution in [2.45, 2.75) is 6.54 Å². The topological polar surface area (TPSA) is 88.0 Å². The second-order valence-electron chi connectivity index (χ2n) is 5.17. The van der Waals surface area contributed by atoms with Crippen LogP contribution in [0.1, 0.15) is 0 Å². The van der Waals surface area contributed by atoms with E-state index in [2.05, 4.69) is 20.2 Å². The highest BCUT2D eigenvalue weighted by Gasteiger charge is 2.23. The van der Waals surface area contributed by atoms with E-state index in [1.165, 1.54) is 4.31 Å². The van der Waals surface area contributed by atoms with E-state index < -0.39 is 10.0 Å². The lowest BCUT2D eigenvalue weighted by atomic mass is 10.5. The van der Waals surface area contributed by atoms with Crippen molar-refractivity contribution in [1.82, 2.24) is 19.5 Å². The molecule has 0 amide bonds. The fourth-order valence-corrected chi connectivity index (χ4v) is 3.62. The number of halogens is 1. The third-order valence-corrected chi connectivity index (χ3v) is 5.44. The number of aromatic nitrogens is 1. The molecule has 1 saturated heterocycles. The van der Waals surface area contributed by atoms with Crippen molar-refractivity contribution in [3.8, 4) is 0 Å². The molecule has 1 fully saturated rings. The van der Waals surface area contributed by atoms with Crippen molar-refractivity contribution in [1.29, 1.82) is 0 Å². The Morgan fingerprint density at radius 2 is 1.79 bits per heavy atom. The molecule has 138 valence electrons. The van der Waals surface area contributed by atoms with E-state index >= 15 is 0 Å². The summed E-state index contributed by atoms with van der Waals surface area (Å²) in [7, 11) is -1.57. The second kappa shape index (κ2) is 10.9. The maximum atomic E-state index is 12.2. The Labute approximate surface area is 160 Å². The Balaban J connectivity index is 0.00000288. The Hall–Kier alpha value is -0.850. The average molecular weight is 471 g/mol. The number of nitrogens with one attached hydrogen (secondary N) is 2.